The van der Waals surface area contributed by atoms with E-state index in [4.69, 9.17) is 63.2 Å². The molecule has 2 unspecified atom stereocenters. The van der Waals surface area contributed by atoms with Crippen LogP contribution in [0.3, 0.4) is 0 Å². The second-order valence-electron chi connectivity index (χ2n) is 15.7. The van der Waals surface area contributed by atoms with E-state index < -0.39 is 89.0 Å². The molecule has 24 nitrogen and oxygen atoms in total. The highest BCUT2D eigenvalue weighted by Crippen LogP contribution is 2.55. The van der Waals surface area contributed by atoms with E-state index in [2.05, 4.69) is 34.4 Å². The van der Waals surface area contributed by atoms with E-state index in [0.29, 0.717) is 29.5 Å². The van der Waals surface area contributed by atoms with Gasteiger partial charge in [-0.25, -0.2) is 47.8 Å². The molecule has 8 rings (SSSR count). The van der Waals surface area contributed by atoms with Gasteiger partial charge in [0.15, 0.2) is 59.2 Å². The number of unbranched alkanes of at least 4 members (excludes halogenated alkanes) is 2. The predicted octanol–water partition coefficient (Wildman–Crippen LogP) is 4.11. The standard InChI is InChI=1S/C21H33FN5O7P.C13H17FN5O7P/c1-5-7-9-29-35(28,30-10-8-6-2)31-11-21(22)16-15(32-20(3,4)33-16)19(34-21)27-13-26-14-17(23)24-12-25-18(14)27;1-12(2)24-7-8(25-12)13(14,3-23-27(20,21)22)26-11(7)19-5-18-6-9(15)16-4-17-10(6)19/h12-13,15-16,19H,5-11H2,1-4H3,(H2,23,24,25);4-5,7-8,11H,3H2,1-2H3,(H2,15,16,17)(H2,20,21,22)/t15-,16?,19+,21+;7-,8?,11+,13+/m00/s1. The maximum Gasteiger partial charge on any atom is 0.474 e. The molecule has 0 radical (unpaired) electrons. The highest BCUT2D eigenvalue weighted by molar-refractivity contribution is 7.48. The van der Waals surface area contributed by atoms with Crippen molar-refractivity contribution in [2.75, 3.05) is 37.9 Å². The van der Waals surface area contributed by atoms with Crippen molar-refractivity contribution in [3.8, 4) is 0 Å². The molecule has 4 aromatic heterocycles. The lowest BCUT2D eigenvalue weighted by Crippen LogP contribution is -2.43. The number of fused-ring (bicyclic) bond motifs is 4. The number of alkyl halides is 2. The zero-order valence-corrected chi connectivity index (χ0v) is 36.4. The van der Waals surface area contributed by atoms with Crippen molar-refractivity contribution in [3.05, 3.63) is 25.3 Å². The molecule has 344 valence electrons. The van der Waals surface area contributed by atoms with Gasteiger partial charge in [-0.05, 0) is 40.5 Å². The molecule has 28 heteroatoms. The van der Waals surface area contributed by atoms with Crippen molar-refractivity contribution in [3.63, 3.8) is 0 Å². The van der Waals surface area contributed by atoms with Crippen LogP contribution >= 0.6 is 15.6 Å². The number of hydrogen-bond acceptors (Lipinski definition) is 20. The van der Waals surface area contributed by atoms with Crippen LogP contribution < -0.4 is 11.5 Å². The van der Waals surface area contributed by atoms with Gasteiger partial charge in [0.1, 0.15) is 49.1 Å². The molecule has 8 atom stereocenters. The Balaban J connectivity index is 0.000000192. The molecular weight excluding hydrogens is 872 g/mol. The van der Waals surface area contributed by atoms with E-state index in [1.807, 2.05) is 13.8 Å². The molecule has 4 saturated heterocycles. The Morgan fingerprint density at radius 3 is 1.48 bits per heavy atom. The minimum Gasteiger partial charge on any atom is -0.382 e. The summed E-state index contributed by atoms with van der Waals surface area (Å²) in [6, 6.07) is 0. The molecule has 0 amide bonds. The van der Waals surface area contributed by atoms with Crippen molar-refractivity contribution < 1.29 is 74.2 Å². The third-order valence-electron chi connectivity index (χ3n) is 9.97. The molecule has 4 aliphatic heterocycles. The molecule has 0 bridgehead atoms. The third kappa shape index (κ3) is 9.64. The van der Waals surface area contributed by atoms with E-state index in [-0.39, 0.29) is 30.5 Å². The SMILES string of the molecule is CC1(C)OC2[C@H](O1)[C@H](n1cnc3c(N)ncnc31)O[C@]2(F)COP(=O)(O)O.CCCCOP(=O)(OCCCC)OC[C@@]1(F)O[C@@H](n2cnc3c(N)ncnc32)[C@H]2OC(C)(C)OC21. The highest BCUT2D eigenvalue weighted by Gasteiger charge is 2.67. The number of halogens is 2. The number of phosphoric acid groups is 2. The third-order valence-corrected chi connectivity index (χ3v) is 11.9. The molecule has 0 aromatic carbocycles. The van der Waals surface area contributed by atoms with Crippen LogP contribution in [0.25, 0.3) is 22.3 Å². The second kappa shape index (κ2) is 17.5. The Morgan fingerprint density at radius 2 is 1.08 bits per heavy atom. The van der Waals surface area contributed by atoms with Crippen LogP contribution in [0.2, 0.25) is 0 Å². The number of nitrogens with two attached hydrogens (primary N) is 2. The van der Waals surface area contributed by atoms with Crippen LogP contribution in [0, 0.1) is 0 Å². The monoisotopic (exact) mass is 922 g/mol. The van der Waals surface area contributed by atoms with Gasteiger partial charge in [-0.3, -0.25) is 27.2 Å². The fourth-order valence-electron chi connectivity index (χ4n) is 7.20. The summed E-state index contributed by atoms with van der Waals surface area (Å²) in [5.74, 6) is -7.15. The van der Waals surface area contributed by atoms with Crippen LogP contribution in [-0.2, 0) is 55.6 Å². The van der Waals surface area contributed by atoms with Crippen LogP contribution in [0.4, 0.5) is 20.4 Å². The van der Waals surface area contributed by atoms with Gasteiger partial charge in [-0.1, -0.05) is 26.7 Å². The number of rotatable bonds is 16. The normalized spacial score (nSPS) is 30.2. The van der Waals surface area contributed by atoms with Crippen molar-refractivity contribution >= 4 is 49.6 Å². The van der Waals surface area contributed by atoms with Gasteiger partial charge in [0, 0.05) is 0 Å². The zero-order chi connectivity index (χ0) is 44.9. The summed E-state index contributed by atoms with van der Waals surface area (Å²) < 4.78 is 114. The maximum atomic E-state index is 16.4. The molecule has 4 aliphatic rings. The van der Waals surface area contributed by atoms with Crippen molar-refractivity contribution in [2.24, 2.45) is 0 Å². The first-order valence-electron chi connectivity index (χ1n) is 19.6. The highest BCUT2D eigenvalue weighted by atomic mass is 31.2. The minimum absolute atomic E-state index is 0.133. The van der Waals surface area contributed by atoms with Gasteiger partial charge in [0.05, 0.1) is 25.9 Å². The molecule has 4 aromatic rings. The average Bonchev–Trinajstić information content (AvgIpc) is 4.04. The molecule has 8 heterocycles. The van der Waals surface area contributed by atoms with Crippen LogP contribution in [0.5, 0.6) is 0 Å². The number of ether oxygens (including phenoxy) is 6. The first-order chi connectivity index (χ1) is 29.1. The van der Waals surface area contributed by atoms with E-state index >= 15 is 8.78 Å². The summed E-state index contributed by atoms with van der Waals surface area (Å²) in [7, 11) is -8.97. The lowest BCUT2D eigenvalue weighted by Gasteiger charge is -2.29. The summed E-state index contributed by atoms with van der Waals surface area (Å²) in [6.07, 6.45) is 1.75. The van der Waals surface area contributed by atoms with Crippen LogP contribution in [-0.4, -0.2) is 123 Å². The van der Waals surface area contributed by atoms with E-state index in [1.165, 1.54) is 34.4 Å². The Bertz CT molecular complexity index is 2310. The maximum absolute atomic E-state index is 16.4. The van der Waals surface area contributed by atoms with Crippen molar-refractivity contribution in [1.82, 2.24) is 39.0 Å². The van der Waals surface area contributed by atoms with E-state index in [1.54, 1.807) is 27.7 Å². The predicted molar refractivity (Wildman–Crippen MR) is 208 cm³/mol. The van der Waals surface area contributed by atoms with Crippen molar-refractivity contribution in [2.45, 2.75) is 127 Å². The topological polar surface area (TPSA) is 306 Å². The fourth-order valence-corrected chi connectivity index (χ4v) is 8.81. The van der Waals surface area contributed by atoms with Gasteiger partial charge in [0.2, 0.25) is 0 Å². The smallest absolute Gasteiger partial charge is 0.382 e. The summed E-state index contributed by atoms with van der Waals surface area (Å²) >= 11 is 0. The van der Waals surface area contributed by atoms with E-state index in [9.17, 15) is 9.13 Å². The van der Waals surface area contributed by atoms with Gasteiger partial charge in [-0.2, -0.15) is 0 Å². The minimum atomic E-state index is -4.93. The number of aromatic nitrogens is 8. The number of nitrogens with zero attached hydrogens (tertiary/aromatic N) is 8. The summed E-state index contributed by atoms with van der Waals surface area (Å²) in [5.41, 5.74) is 12.9. The molecule has 0 saturated carbocycles. The Morgan fingerprint density at radius 1 is 0.661 bits per heavy atom. The second-order valence-corrected chi connectivity index (χ2v) is 18.6. The molecule has 6 N–H and O–H groups in total. The van der Waals surface area contributed by atoms with Gasteiger partial charge >= 0.3 is 15.6 Å². The van der Waals surface area contributed by atoms with Crippen LogP contribution in [0.1, 0.15) is 79.7 Å². The summed E-state index contributed by atoms with van der Waals surface area (Å²) in [6.45, 7) is 8.93. The lowest BCUT2D eigenvalue weighted by atomic mass is 10.1. The molecular formula is C34H50F2N10O14P2. The van der Waals surface area contributed by atoms with Gasteiger partial charge < -0.3 is 49.7 Å². The Hall–Kier alpha value is -3.46. The summed E-state index contributed by atoms with van der Waals surface area (Å²) in [4.78, 5) is 42.2. The zero-order valence-electron chi connectivity index (χ0n) is 34.6. The number of hydrogen-bond donors (Lipinski definition) is 4. The molecule has 4 fully saturated rings. The quantitative estimate of drug-likeness (QED) is 0.0907. The summed E-state index contributed by atoms with van der Waals surface area (Å²) in [5, 5.41) is 0. The Kier molecular flexibility index (Phi) is 13.1. The number of nitrogen functional groups attached to an aromatic ring is 2. The van der Waals surface area contributed by atoms with Crippen LogP contribution in [0.15, 0.2) is 25.3 Å². The first kappa shape index (κ1) is 46.5. The lowest BCUT2D eigenvalue weighted by molar-refractivity contribution is -0.263. The number of phosphoric ester groups is 2. The van der Waals surface area contributed by atoms with Crippen molar-refractivity contribution in [1.29, 1.82) is 0 Å². The fraction of sp³-hybridized carbons (Fsp3) is 0.706. The van der Waals surface area contributed by atoms with Gasteiger partial charge in [0.25, 0.3) is 11.7 Å². The molecule has 0 spiro atoms. The number of imidazole rings is 2. The number of anilines is 2. The Labute approximate surface area is 353 Å². The molecule has 62 heavy (non-hydrogen) atoms. The van der Waals surface area contributed by atoms with Gasteiger partial charge in [-0.15, -0.1) is 0 Å². The largest absolute Gasteiger partial charge is 0.474 e. The average molecular weight is 923 g/mol. The van der Waals surface area contributed by atoms with E-state index in [0.717, 1.165) is 12.8 Å². The first-order valence-corrected chi connectivity index (χ1v) is 22.6. The molecule has 0 aliphatic carbocycles.